The minimum Gasteiger partial charge on any atom is -0.478 e. The van der Waals surface area contributed by atoms with Gasteiger partial charge >= 0.3 is 5.97 Å². The lowest BCUT2D eigenvalue weighted by atomic mass is 10.1. The Bertz CT molecular complexity index is 745. The van der Waals surface area contributed by atoms with Crippen molar-refractivity contribution in [1.82, 2.24) is 9.88 Å². The highest BCUT2D eigenvalue weighted by atomic mass is 35.5. The standard InChI is InChI=1S/C15H11ClN2O3/c16-13-12(2-1-5-17-13)14(19)18-7-10-4-3-9(15(20)21)6-11(10)8-18/h1-6H,7-8H2,(H,20,21). The molecule has 6 heteroatoms. The van der Waals surface area contributed by atoms with E-state index in [9.17, 15) is 9.59 Å². The van der Waals surface area contributed by atoms with E-state index >= 15 is 0 Å². The first-order valence-corrected chi connectivity index (χ1v) is 6.69. The third kappa shape index (κ3) is 2.48. The molecule has 1 aliphatic rings. The minimum atomic E-state index is -0.974. The topological polar surface area (TPSA) is 70.5 Å². The molecule has 1 aromatic carbocycles. The van der Waals surface area contributed by atoms with E-state index in [1.165, 1.54) is 6.20 Å². The van der Waals surface area contributed by atoms with E-state index in [-0.39, 0.29) is 16.6 Å². The number of nitrogens with zero attached hydrogens (tertiary/aromatic N) is 2. The van der Waals surface area contributed by atoms with Gasteiger partial charge in [-0.1, -0.05) is 17.7 Å². The fourth-order valence-electron chi connectivity index (χ4n) is 2.39. The molecular weight excluding hydrogens is 292 g/mol. The molecule has 3 rings (SSSR count). The van der Waals surface area contributed by atoms with Gasteiger partial charge in [0.15, 0.2) is 0 Å². The van der Waals surface area contributed by atoms with Crippen LogP contribution in [0.25, 0.3) is 0 Å². The second-order valence-corrected chi connectivity index (χ2v) is 5.15. The summed E-state index contributed by atoms with van der Waals surface area (Å²) in [5.74, 6) is -1.18. The summed E-state index contributed by atoms with van der Waals surface area (Å²) >= 11 is 5.94. The van der Waals surface area contributed by atoms with Crippen molar-refractivity contribution >= 4 is 23.5 Å². The predicted octanol–water partition coefficient (Wildman–Crippen LogP) is 2.59. The molecule has 0 saturated heterocycles. The Morgan fingerprint density at radius 1 is 1.19 bits per heavy atom. The van der Waals surface area contributed by atoms with E-state index in [0.717, 1.165) is 11.1 Å². The Balaban J connectivity index is 1.86. The lowest BCUT2D eigenvalue weighted by Gasteiger charge is -2.15. The average Bonchev–Trinajstić information content (AvgIpc) is 2.89. The summed E-state index contributed by atoms with van der Waals surface area (Å²) in [5, 5.41) is 9.17. The summed E-state index contributed by atoms with van der Waals surface area (Å²) in [6, 6.07) is 8.19. The maximum absolute atomic E-state index is 12.4. The summed E-state index contributed by atoms with van der Waals surface area (Å²) in [6.07, 6.45) is 1.52. The fraction of sp³-hybridized carbons (Fsp3) is 0.133. The van der Waals surface area contributed by atoms with Gasteiger partial charge in [-0.05, 0) is 35.4 Å². The molecule has 1 aromatic heterocycles. The molecular formula is C15H11ClN2O3. The number of amides is 1. The number of carbonyl (C=O) groups excluding carboxylic acids is 1. The zero-order valence-corrected chi connectivity index (χ0v) is 11.7. The lowest BCUT2D eigenvalue weighted by molar-refractivity contribution is 0.0696. The number of rotatable bonds is 2. The van der Waals surface area contributed by atoms with Gasteiger partial charge in [0.05, 0.1) is 11.1 Å². The van der Waals surface area contributed by atoms with Crippen molar-refractivity contribution in [3.63, 3.8) is 0 Å². The third-order valence-electron chi connectivity index (χ3n) is 3.45. The van der Waals surface area contributed by atoms with Crippen LogP contribution in [-0.4, -0.2) is 26.9 Å². The highest BCUT2D eigenvalue weighted by molar-refractivity contribution is 6.32. The lowest BCUT2D eigenvalue weighted by Crippen LogP contribution is -2.25. The highest BCUT2D eigenvalue weighted by Gasteiger charge is 2.26. The largest absolute Gasteiger partial charge is 0.478 e. The van der Waals surface area contributed by atoms with E-state index in [1.807, 2.05) is 0 Å². The number of benzene rings is 1. The van der Waals surface area contributed by atoms with Crippen LogP contribution in [0.3, 0.4) is 0 Å². The molecule has 2 heterocycles. The third-order valence-corrected chi connectivity index (χ3v) is 3.75. The summed E-state index contributed by atoms with van der Waals surface area (Å²) < 4.78 is 0. The molecule has 0 fully saturated rings. The SMILES string of the molecule is O=C(O)c1ccc2c(c1)CN(C(=O)c1cccnc1Cl)C2. The molecule has 2 aromatic rings. The van der Waals surface area contributed by atoms with Crippen molar-refractivity contribution in [2.24, 2.45) is 0 Å². The van der Waals surface area contributed by atoms with Crippen LogP contribution in [0.15, 0.2) is 36.5 Å². The monoisotopic (exact) mass is 302 g/mol. The molecule has 1 aliphatic heterocycles. The molecule has 0 atom stereocenters. The number of aromatic nitrogens is 1. The van der Waals surface area contributed by atoms with Crippen LogP contribution in [0, 0.1) is 0 Å². The second-order valence-electron chi connectivity index (χ2n) is 4.79. The number of hydrogen-bond donors (Lipinski definition) is 1. The average molecular weight is 303 g/mol. The van der Waals surface area contributed by atoms with Gasteiger partial charge in [0, 0.05) is 19.3 Å². The Kier molecular flexibility index (Phi) is 3.35. The minimum absolute atomic E-state index is 0.171. The van der Waals surface area contributed by atoms with Crippen molar-refractivity contribution in [3.8, 4) is 0 Å². The van der Waals surface area contributed by atoms with Gasteiger partial charge in [0.2, 0.25) is 0 Å². The van der Waals surface area contributed by atoms with Crippen LogP contribution in [0.4, 0.5) is 0 Å². The molecule has 0 aliphatic carbocycles. The Morgan fingerprint density at radius 3 is 2.67 bits per heavy atom. The van der Waals surface area contributed by atoms with Crippen molar-refractivity contribution in [1.29, 1.82) is 0 Å². The van der Waals surface area contributed by atoms with E-state index in [2.05, 4.69) is 4.98 Å². The molecule has 0 unspecified atom stereocenters. The van der Waals surface area contributed by atoms with Crippen LogP contribution in [0.5, 0.6) is 0 Å². The van der Waals surface area contributed by atoms with Crippen molar-refractivity contribution in [2.45, 2.75) is 13.1 Å². The van der Waals surface area contributed by atoms with Crippen molar-refractivity contribution in [2.75, 3.05) is 0 Å². The van der Waals surface area contributed by atoms with Gasteiger partial charge in [-0.25, -0.2) is 9.78 Å². The number of carbonyl (C=O) groups is 2. The second kappa shape index (κ2) is 5.18. The number of carboxylic acids is 1. The number of fused-ring (bicyclic) bond motifs is 1. The van der Waals surface area contributed by atoms with Crippen LogP contribution in [-0.2, 0) is 13.1 Å². The summed E-state index contributed by atoms with van der Waals surface area (Å²) in [4.78, 5) is 28.9. The van der Waals surface area contributed by atoms with Crippen molar-refractivity contribution in [3.05, 3.63) is 63.9 Å². The number of hydrogen-bond acceptors (Lipinski definition) is 3. The van der Waals surface area contributed by atoms with Crippen molar-refractivity contribution < 1.29 is 14.7 Å². The van der Waals surface area contributed by atoms with Crippen LogP contribution < -0.4 is 0 Å². The molecule has 1 N–H and O–H groups in total. The molecule has 106 valence electrons. The molecule has 21 heavy (non-hydrogen) atoms. The number of aromatic carboxylic acids is 1. The molecule has 1 amide bonds. The zero-order valence-electron chi connectivity index (χ0n) is 10.9. The van der Waals surface area contributed by atoms with Gasteiger partial charge in [-0.15, -0.1) is 0 Å². The predicted molar refractivity (Wildman–Crippen MR) is 76.2 cm³/mol. The Hall–Kier alpha value is -2.40. The van der Waals surface area contributed by atoms with Crippen LogP contribution in [0.1, 0.15) is 31.8 Å². The summed E-state index contributed by atoms with van der Waals surface area (Å²) in [5.41, 5.74) is 2.38. The van der Waals surface area contributed by atoms with Crippen LogP contribution >= 0.6 is 11.6 Å². The van der Waals surface area contributed by atoms with Gasteiger partial charge in [0.1, 0.15) is 5.15 Å². The molecule has 0 radical (unpaired) electrons. The van der Waals surface area contributed by atoms with E-state index in [0.29, 0.717) is 18.7 Å². The molecule has 0 bridgehead atoms. The maximum atomic E-state index is 12.4. The normalized spacial score (nSPS) is 13.1. The number of pyridine rings is 1. The molecule has 0 saturated carbocycles. The Morgan fingerprint density at radius 2 is 1.95 bits per heavy atom. The summed E-state index contributed by atoms with van der Waals surface area (Å²) in [7, 11) is 0. The van der Waals surface area contributed by atoms with E-state index in [4.69, 9.17) is 16.7 Å². The first-order chi connectivity index (χ1) is 10.1. The fourth-order valence-corrected chi connectivity index (χ4v) is 2.59. The van der Waals surface area contributed by atoms with E-state index in [1.54, 1.807) is 35.2 Å². The number of carboxylic acid groups (broad SMARTS) is 1. The maximum Gasteiger partial charge on any atom is 0.335 e. The van der Waals surface area contributed by atoms with Gasteiger partial charge in [0.25, 0.3) is 5.91 Å². The smallest absolute Gasteiger partial charge is 0.335 e. The number of halogens is 1. The highest BCUT2D eigenvalue weighted by Crippen LogP contribution is 2.26. The molecule has 5 nitrogen and oxygen atoms in total. The van der Waals surface area contributed by atoms with Gasteiger partial charge in [-0.3, -0.25) is 4.79 Å². The quantitative estimate of drug-likeness (QED) is 0.866. The van der Waals surface area contributed by atoms with Gasteiger partial charge in [-0.2, -0.15) is 0 Å². The van der Waals surface area contributed by atoms with Gasteiger partial charge < -0.3 is 10.0 Å². The first-order valence-electron chi connectivity index (χ1n) is 6.31. The molecule has 0 spiro atoms. The van der Waals surface area contributed by atoms with E-state index < -0.39 is 5.97 Å². The first kappa shape index (κ1) is 13.6. The summed E-state index contributed by atoms with van der Waals surface area (Å²) in [6.45, 7) is 0.819. The van der Waals surface area contributed by atoms with Crippen LogP contribution in [0.2, 0.25) is 5.15 Å². The zero-order chi connectivity index (χ0) is 15.0. The Labute approximate surface area is 125 Å².